The van der Waals surface area contributed by atoms with Crippen molar-refractivity contribution >= 4 is 17.3 Å². The summed E-state index contributed by atoms with van der Waals surface area (Å²) in [5, 5.41) is 2.83. The first-order chi connectivity index (χ1) is 8.08. The van der Waals surface area contributed by atoms with E-state index in [-0.39, 0.29) is 5.91 Å². The highest BCUT2D eigenvalue weighted by molar-refractivity contribution is 6.04. The Bertz CT molecular complexity index is 559. The summed E-state index contributed by atoms with van der Waals surface area (Å²) in [5.74, 6) is -0.182. The first-order valence-electron chi connectivity index (χ1n) is 5.21. The Morgan fingerprint density at radius 1 is 1.53 bits per heavy atom. The van der Waals surface area contributed by atoms with Crippen molar-refractivity contribution in [3.05, 3.63) is 42.0 Å². The highest BCUT2D eigenvalue weighted by atomic mass is 16.1. The molecule has 0 spiro atoms. The molecule has 0 aromatic carbocycles. The number of carbonyl (C=O) groups excluding carboxylic acids is 1. The fourth-order valence-electron chi connectivity index (χ4n) is 1.62. The number of nitrogen functional groups attached to an aromatic ring is 1. The summed E-state index contributed by atoms with van der Waals surface area (Å²) in [6.45, 7) is 1.89. The fourth-order valence-corrected chi connectivity index (χ4v) is 1.62. The first kappa shape index (κ1) is 11.2. The third-order valence-electron chi connectivity index (χ3n) is 2.53. The zero-order valence-electron chi connectivity index (χ0n) is 9.77. The molecule has 2 aromatic heterocycles. The number of amides is 1. The molecule has 88 valence electrons. The summed E-state index contributed by atoms with van der Waals surface area (Å²) in [6, 6.07) is 3.41. The summed E-state index contributed by atoms with van der Waals surface area (Å²) in [5.41, 5.74) is 8.40. The van der Waals surface area contributed by atoms with E-state index in [1.807, 2.05) is 6.92 Å². The molecule has 3 N–H and O–H groups in total. The average Bonchev–Trinajstić information content (AvgIpc) is 2.61. The summed E-state index contributed by atoms with van der Waals surface area (Å²) < 4.78 is 1.70. The zero-order valence-corrected chi connectivity index (χ0v) is 9.77. The van der Waals surface area contributed by atoms with E-state index in [9.17, 15) is 4.79 Å². The molecule has 2 aromatic rings. The van der Waals surface area contributed by atoms with E-state index in [0.717, 1.165) is 11.3 Å². The van der Waals surface area contributed by atoms with Gasteiger partial charge in [0.2, 0.25) is 0 Å². The molecule has 2 heterocycles. The van der Waals surface area contributed by atoms with Crippen molar-refractivity contribution in [1.82, 2.24) is 9.55 Å². The Labute approximate surface area is 99.3 Å². The number of aryl methyl sites for hydroxylation is 2. The molecule has 0 fully saturated rings. The zero-order chi connectivity index (χ0) is 12.4. The van der Waals surface area contributed by atoms with Crippen LogP contribution < -0.4 is 11.1 Å². The van der Waals surface area contributed by atoms with Crippen LogP contribution in [0.25, 0.3) is 0 Å². The van der Waals surface area contributed by atoms with E-state index >= 15 is 0 Å². The van der Waals surface area contributed by atoms with Crippen molar-refractivity contribution in [3.63, 3.8) is 0 Å². The smallest absolute Gasteiger partial charge is 0.272 e. The van der Waals surface area contributed by atoms with Crippen LogP contribution in [0.5, 0.6) is 0 Å². The second-order valence-corrected chi connectivity index (χ2v) is 3.91. The van der Waals surface area contributed by atoms with Gasteiger partial charge in [0.05, 0.1) is 5.69 Å². The number of rotatable bonds is 2. The highest BCUT2D eigenvalue weighted by Crippen LogP contribution is 2.15. The molecule has 0 unspecified atom stereocenters. The lowest BCUT2D eigenvalue weighted by Crippen LogP contribution is -2.16. The maximum Gasteiger partial charge on any atom is 0.272 e. The van der Waals surface area contributed by atoms with Crippen LogP contribution in [0.2, 0.25) is 0 Å². The highest BCUT2D eigenvalue weighted by Gasteiger charge is 2.11. The SMILES string of the molecule is Cc1cnccc1NC(=O)c1cc(N)cn1C. The van der Waals surface area contributed by atoms with Gasteiger partial charge in [-0.15, -0.1) is 0 Å². The molecular formula is C12H14N4O. The molecule has 0 aliphatic heterocycles. The monoisotopic (exact) mass is 230 g/mol. The topological polar surface area (TPSA) is 72.9 Å². The number of pyridine rings is 1. The first-order valence-corrected chi connectivity index (χ1v) is 5.21. The van der Waals surface area contributed by atoms with Crippen molar-refractivity contribution in [1.29, 1.82) is 0 Å². The van der Waals surface area contributed by atoms with Crippen LogP contribution in [0.4, 0.5) is 11.4 Å². The van der Waals surface area contributed by atoms with Gasteiger partial charge < -0.3 is 15.6 Å². The quantitative estimate of drug-likeness (QED) is 0.822. The molecule has 0 radical (unpaired) electrons. The molecule has 0 saturated heterocycles. The number of carbonyl (C=O) groups is 1. The maximum absolute atomic E-state index is 12.0. The molecule has 0 aliphatic rings. The summed E-state index contributed by atoms with van der Waals surface area (Å²) in [7, 11) is 1.78. The average molecular weight is 230 g/mol. The summed E-state index contributed by atoms with van der Waals surface area (Å²) >= 11 is 0. The minimum atomic E-state index is -0.182. The minimum Gasteiger partial charge on any atom is -0.397 e. The van der Waals surface area contributed by atoms with Gasteiger partial charge in [-0.1, -0.05) is 0 Å². The molecule has 0 aliphatic carbocycles. The molecule has 0 atom stereocenters. The van der Waals surface area contributed by atoms with Crippen LogP contribution in [0.15, 0.2) is 30.7 Å². The van der Waals surface area contributed by atoms with Gasteiger partial charge in [-0.3, -0.25) is 9.78 Å². The Kier molecular flexibility index (Phi) is 2.82. The summed E-state index contributed by atoms with van der Waals surface area (Å²) in [4.78, 5) is 16.0. The third kappa shape index (κ3) is 2.28. The van der Waals surface area contributed by atoms with Gasteiger partial charge in [-0.25, -0.2) is 0 Å². The Balaban J connectivity index is 2.23. The van der Waals surface area contributed by atoms with Gasteiger partial charge in [0, 0.05) is 31.3 Å². The van der Waals surface area contributed by atoms with E-state index in [1.165, 1.54) is 0 Å². The van der Waals surface area contributed by atoms with Crippen LogP contribution in [0, 0.1) is 6.92 Å². The predicted molar refractivity (Wildman–Crippen MR) is 66.8 cm³/mol. The normalized spacial score (nSPS) is 10.2. The van der Waals surface area contributed by atoms with Crippen LogP contribution in [0.3, 0.4) is 0 Å². The molecular weight excluding hydrogens is 216 g/mol. The fraction of sp³-hybridized carbons (Fsp3) is 0.167. The van der Waals surface area contributed by atoms with Gasteiger partial charge in [-0.2, -0.15) is 0 Å². The Hall–Kier alpha value is -2.30. The van der Waals surface area contributed by atoms with E-state index in [0.29, 0.717) is 11.4 Å². The Morgan fingerprint density at radius 2 is 2.29 bits per heavy atom. The minimum absolute atomic E-state index is 0.182. The second kappa shape index (κ2) is 4.29. The van der Waals surface area contributed by atoms with E-state index < -0.39 is 0 Å². The Morgan fingerprint density at radius 3 is 2.88 bits per heavy atom. The van der Waals surface area contributed by atoms with Crippen molar-refractivity contribution in [2.24, 2.45) is 7.05 Å². The van der Waals surface area contributed by atoms with Gasteiger partial charge in [0.15, 0.2) is 0 Å². The number of nitrogens with one attached hydrogen (secondary N) is 1. The third-order valence-corrected chi connectivity index (χ3v) is 2.53. The van der Waals surface area contributed by atoms with Crippen molar-refractivity contribution in [3.8, 4) is 0 Å². The van der Waals surface area contributed by atoms with E-state index in [1.54, 1.807) is 42.3 Å². The largest absolute Gasteiger partial charge is 0.397 e. The number of hydrogen-bond acceptors (Lipinski definition) is 3. The lowest BCUT2D eigenvalue weighted by Gasteiger charge is -2.07. The van der Waals surface area contributed by atoms with Crippen molar-refractivity contribution in [2.75, 3.05) is 11.1 Å². The van der Waals surface area contributed by atoms with E-state index in [2.05, 4.69) is 10.3 Å². The molecule has 17 heavy (non-hydrogen) atoms. The molecule has 5 nitrogen and oxygen atoms in total. The number of aromatic nitrogens is 2. The number of nitrogens with two attached hydrogens (primary N) is 1. The number of hydrogen-bond donors (Lipinski definition) is 2. The standard InChI is InChI=1S/C12H14N4O/c1-8-6-14-4-3-10(8)15-12(17)11-5-9(13)7-16(11)2/h3-7H,13H2,1-2H3,(H,14,15,17). The second-order valence-electron chi connectivity index (χ2n) is 3.91. The lowest BCUT2D eigenvalue weighted by atomic mass is 10.2. The lowest BCUT2D eigenvalue weighted by molar-refractivity contribution is 0.101. The van der Waals surface area contributed by atoms with E-state index in [4.69, 9.17) is 5.73 Å². The number of nitrogens with zero attached hydrogens (tertiary/aromatic N) is 2. The van der Waals surface area contributed by atoms with Crippen molar-refractivity contribution < 1.29 is 4.79 Å². The predicted octanol–water partition coefficient (Wildman–Crippen LogP) is 1.56. The molecule has 0 bridgehead atoms. The van der Waals surface area contributed by atoms with Gasteiger partial charge in [0.1, 0.15) is 5.69 Å². The molecule has 1 amide bonds. The molecule has 2 rings (SSSR count). The maximum atomic E-state index is 12.0. The van der Waals surface area contributed by atoms with Crippen molar-refractivity contribution in [2.45, 2.75) is 6.92 Å². The van der Waals surface area contributed by atoms with Gasteiger partial charge >= 0.3 is 0 Å². The number of anilines is 2. The van der Waals surface area contributed by atoms with Crippen LogP contribution in [-0.4, -0.2) is 15.5 Å². The van der Waals surface area contributed by atoms with Crippen LogP contribution in [0.1, 0.15) is 16.1 Å². The molecule has 0 saturated carbocycles. The molecule has 5 heteroatoms. The van der Waals surface area contributed by atoms with Crippen LogP contribution >= 0.6 is 0 Å². The van der Waals surface area contributed by atoms with Gasteiger partial charge in [0.25, 0.3) is 5.91 Å². The van der Waals surface area contributed by atoms with Crippen LogP contribution in [-0.2, 0) is 7.05 Å². The summed E-state index contributed by atoms with van der Waals surface area (Å²) in [6.07, 6.45) is 5.05. The van der Waals surface area contributed by atoms with Gasteiger partial charge in [-0.05, 0) is 24.6 Å².